The fraction of sp³-hybridized carbons (Fsp3) is 0.571. The second kappa shape index (κ2) is 8.67. The van der Waals surface area contributed by atoms with Crippen molar-refractivity contribution in [3.63, 3.8) is 0 Å². The van der Waals surface area contributed by atoms with Crippen LogP contribution in [0.4, 0.5) is 0 Å². The fourth-order valence-electron chi connectivity index (χ4n) is 0.326. The zero-order valence-electron chi connectivity index (χ0n) is 8.71. The van der Waals surface area contributed by atoms with Crippen LogP contribution in [0.1, 0.15) is 0 Å². The Bertz CT molecular complexity index is 285. The highest BCUT2D eigenvalue weighted by molar-refractivity contribution is 7.85. The van der Waals surface area contributed by atoms with E-state index in [2.05, 4.69) is 9.72 Å². The molecule has 6 nitrogen and oxygen atoms in total. The summed E-state index contributed by atoms with van der Waals surface area (Å²) >= 11 is 0. The summed E-state index contributed by atoms with van der Waals surface area (Å²) in [5.41, 5.74) is 0. The van der Waals surface area contributed by atoms with Crippen LogP contribution < -0.4 is 0 Å². The molecule has 1 aromatic rings. The molecule has 0 aliphatic heterocycles. The van der Waals surface area contributed by atoms with Gasteiger partial charge in [0.25, 0.3) is 10.1 Å². The minimum atomic E-state index is -3.67. The number of aryl methyl sites for hydroxylation is 1. The molecule has 0 radical (unpaired) electrons. The third-order valence-corrected chi connectivity index (χ3v) is 0.637. The summed E-state index contributed by atoms with van der Waals surface area (Å²) in [5, 5.41) is 0. The average molecular weight is 224 g/mol. The lowest BCUT2D eigenvalue weighted by Crippen LogP contribution is -1.88. The molecule has 0 fully saturated rings. The first kappa shape index (κ1) is 15.5. The first-order chi connectivity index (χ1) is 6.31. The summed E-state index contributed by atoms with van der Waals surface area (Å²) in [6.07, 6.45) is 6.10. The lowest BCUT2D eigenvalue weighted by atomic mass is 10.9. The van der Waals surface area contributed by atoms with Gasteiger partial charge >= 0.3 is 0 Å². The molecule has 0 aromatic carbocycles. The average Bonchev–Trinajstić information content (AvgIpc) is 2.37. The van der Waals surface area contributed by atoms with Crippen molar-refractivity contribution in [1.82, 2.24) is 9.55 Å². The second-order valence-electron chi connectivity index (χ2n) is 2.37. The van der Waals surface area contributed by atoms with Crippen LogP contribution in [0.15, 0.2) is 18.7 Å². The smallest absolute Gasteiger partial charge is 0.261 e. The third kappa shape index (κ3) is 30.5. The fourth-order valence-corrected chi connectivity index (χ4v) is 0.326. The number of hydrogen-bond acceptors (Lipinski definition) is 4. The molecule has 0 aliphatic carbocycles. The second-order valence-corrected chi connectivity index (χ2v) is 3.84. The van der Waals surface area contributed by atoms with E-state index in [1.807, 2.05) is 17.8 Å². The van der Waals surface area contributed by atoms with Crippen molar-refractivity contribution in [2.75, 3.05) is 20.5 Å². The number of hydrogen-bond donors (Lipinski definition) is 1. The molecular weight excluding hydrogens is 208 g/mol. The highest BCUT2D eigenvalue weighted by Crippen LogP contribution is 1.73. The maximum absolute atomic E-state index is 9.19. The topological polar surface area (TPSA) is 81.4 Å². The number of aromatic nitrogens is 2. The summed E-state index contributed by atoms with van der Waals surface area (Å²) < 4.78 is 32.0. The van der Waals surface area contributed by atoms with E-state index in [4.69, 9.17) is 4.55 Å². The molecule has 0 amide bonds. The van der Waals surface area contributed by atoms with Crippen molar-refractivity contribution >= 4 is 10.1 Å². The van der Waals surface area contributed by atoms with Crippen LogP contribution in [0.3, 0.4) is 0 Å². The van der Waals surface area contributed by atoms with E-state index in [1.165, 1.54) is 0 Å². The molecule has 14 heavy (non-hydrogen) atoms. The zero-order valence-corrected chi connectivity index (χ0v) is 9.52. The van der Waals surface area contributed by atoms with Gasteiger partial charge in [-0.2, -0.15) is 8.42 Å². The Labute approximate surface area is 84.3 Å². The predicted molar refractivity (Wildman–Crippen MR) is 53.6 cm³/mol. The van der Waals surface area contributed by atoms with Crippen molar-refractivity contribution in [1.29, 1.82) is 0 Å². The van der Waals surface area contributed by atoms with Gasteiger partial charge in [-0.05, 0) is 0 Å². The summed E-state index contributed by atoms with van der Waals surface area (Å²) in [6.45, 7) is 0. The molecule has 0 bridgehead atoms. The number of ether oxygens (including phenoxy) is 1. The van der Waals surface area contributed by atoms with Gasteiger partial charge in [-0.15, -0.1) is 0 Å². The molecule has 1 aromatic heterocycles. The molecule has 0 saturated heterocycles. The standard InChI is InChI=1S/C4H6N2.C2H6O.CH4O3S/c1-6-3-2-5-4-6;1-3-2;1-5(2,3)4/h2-4H,1H3;1-2H3;1H3,(H,2,3,4). The first-order valence-electron chi connectivity index (χ1n) is 3.55. The van der Waals surface area contributed by atoms with E-state index in [0.29, 0.717) is 6.26 Å². The molecule has 1 rings (SSSR count). The van der Waals surface area contributed by atoms with Crippen molar-refractivity contribution in [2.24, 2.45) is 7.05 Å². The molecule has 84 valence electrons. The normalized spacial score (nSPS) is 9.21. The van der Waals surface area contributed by atoms with Crippen molar-refractivity contribution in [3.8, 4) is 0 Å². The molecule has 0 spiro atoms. The van der Waals surface area contributed by atoms with E-state index in [-0.39, 0.29) is 0 Å². The van der Waals surface area contributed by atoms with Crippen LogP contribution in [0.5, 0.6) is 0 Å². The van der Waals surface area contributed by atoms with Gasteiger partial charge in [0.2, 0.25) is 0 Å². The lowest BCUT2D eigenvalue weighted by Gasteiger charge is -1.76. The Hall–Kier alpha value is -0.920. The Morgan fingerprint density at radius 1 is 1.43 bits per heavy atom. The first-order valence-corrected chi connectivity index (χ1v) is 5.40. The van der Waals surface area contributed by atoms with E-state index in [0.717, 1.165) is 0 Å². The van der Waals surface area contributed by atoms with Gasteiger partial charge in [0.1, 0.15) is 0 Å². The van der Waals surface area contributed by atoms with E-state index in [9.17, 15) is 8.42 Å². The summed E-state index contributed by atoms with van der Waals surface area (Å²) in [5.74, 6) is 0. The van der Waals surface area contributed by atoms with Gasteiger partial charge in [0.05, 0.1) is 12.6 Å². The monoisotopic (exact) mass is 224 g/mol. The largest absolute Gasteiger partial charge is 0.388 e. The van der Waals surface area contributed by atoms with Gasteiger partial charge in [-0.25, -0.2) is 4.98 Å². The van der Waals surface area contributed by atoms with E-state index < -0.39 is 10.1 Å². The zero-order chi connectivity index (χ0) is 11.6. The number of nitrogens with zero attached hydrogens (tertiary/aromatic N) is 2. The number of methoxy groups -OCH3 is 1. The van der Waals surface area contributed by atoms with Crippen molar-refractivity contribution < 1.29 is 17.7 Å². The third-order valence-electron chi connectivity index (χ3n) is 0.637. The van der Waals surface area contributed by atoms with Crippen LogP contribution in [0, 0.1) is 0 Å². The van der Waals surface area contributed by atoms with E-state index in [1.54, 1.807) is 26.7 Å². The minimum absolute atomic E-state index is 0.715. The summed E-state index contributed by atoms with van der Waals surface area (Å²) in [4.78, 5) is 3.78. The Morgan fingerprint density at radius 3 is 1.86 bits per heavy atom. The maximum atomic E-state index is 9.19. The Morgan fingerprint density at radius 2 is 1.79 bits per heavy atom. The summed E-state index contributed by atoms with van der Waals surface area (Å²) in [6, 6.07) is 0. The maximum Gasteiger partial charge on any atom is 0.261 e. The Balaban J connectivity index is 0. The highest BCUT2D eigenvalue weighted by Gasteiger charge is 1.81. The molecule has 0 saturated carbocycles. The van der Waals surface area contributed by atoms with Crippen LogP contribution >= 0.6 is 0 Å². The molecule has 0 unspecified atom stereocenters. The van der Waals surface area contributed by atoms with Crippen LogP contribution in [-0.2, 0) is 21.9 Å². The van der Waals surface area contributed by atoms with Gasteiger partial charge in [-0.3, -0.25) is 4.55 Å². The molecule has 0 atom stereocenters. The van der Waals surface area contributed by atoms with Gasteiger partial charge in [0.15, 0.2) is 0 Å². The quantitative estimate of drug-likeness (QED) is 0.636. The van der Waals surface area contributed by atoms with Crippen molar-refractivity contribution in [2.45, 2.75) is 0 Å². The minimum Gasteiger partial charge on any atom is -0.388 e. The SMILES string of the molecule is COC.CS(=O)(=O)O.Cn1ccnc1. The van der Waals surface area contributed by atoms with Gasteiger partial charge in [-0.1, -0.05) is 0 Å². The van der Waals surface area contributed by atoms with E-state index >= 15 is 0 Å². The molecule has 7 heteroatoms. The molecular formula is C7H16N2O4S. The van der Waals surface area contributed by atoms with Crippen LogP contribution in [0.25, 0.3) is 0 Å². The lowest BCUT2D eigenvalue weighted by molar-refractivity contribution is 0.277. The van der Waals surface area contributed by atoms with Crippen molar-refractivity contribution in [3.05, 3.63) is 18.7 Å². The highest BCUT2D eigenvalue weighted by atomic mass is 32.2. The molecule has 1 N–H and O–H groups in total. The van der Waals surface area contributed by atoms with Crippen LogP contribution in [-0.4, -0.2) is 43.0 Å². The number of imidazole rings is 1. The van der Waals surface area contributed by atoms with Crippen LogP contribution in [0.2, 0.25) is 0 Å². The summed E-state index contributed by atoms with van der Waals surface area (Å²) in [7, 11) is 1.52. The molecule has 0 aliphatic rings. The van der Waals surface area contributed by atoms with Gasteiger partial charge in [0, 0.05) is 33.7 Å². The Kier molecular flexibility index (Phi) is 9.63. The van der Waals surface area contributed by atoms with Gasteiger partial charge < -0.3 is 9.30 Å². The molecule has 1 heterocycles. The predicted octanol–water partition coefficient (Wildman–Crippen LogP) is 0.187. The number of rotatable bonds is 0.